The van der Waals surface area contributed by atoms with Crippen LogP contribution in [0.15, 0.2) is 54.9 Å². The summed E-state index contributed by atoms with van der Waals surface area (Å²) in [6.45, 7) is 0. The molecule has 0 fully saturated rings. The van der Waals surface area contributed by atoms with E-state index in [0.717, 1.165) is 16.7 Å². The number of methoxy groups -OCH3 is 1. The van der Waals surface area contributed by atoms with E-state index in [1.54, 1.807) is 60.5 Å². The van der Waals surface area contributed by atoms with Gasteiger partial charge in [0, 0.05) is 34.9 Å². The van der Waals surface area contributed by atoms with E-state index in [4.69, 9.17) is 10.5 Å². The van der Waals surface area contributed by atoms with Gasteiger partial charge in [0.2, 0.25) is 0 Å². The third-order valence-corrected chi connectivity index (χ3v) is 4.36. The van der Waals surface area contributed by atoms with Crippen LogP contribution < -0.4 is 15.8 Å². The molecule has 3 aromatic rings. The summed E-state index contributed by atoms with van der Waals surface area (Å²) in [5.74, 6) is 0.675. The summed E-state index contributed by atoms with van der Waals surface area (Å²) in [7, 11) is 1.59. The summed E-state index contributed by atoms with van der Waals surface area (Å²) in [6.07, 6.45) is 5.33. The summed E-state index contributed by atoms with van der Waals surface area (Å²) in [4.78, 5) is 12.6. The second kappa shape index (κ2) is 6.00. The van der Waals surface area contributed by atoms with Gasteiger partial charge >= 0.3 is 0 Å². The molecule has 1 aliphatic rings. The Bertz CT molecular complexity index is 1030. The Morgan fingerprint density at radius 1 is 1.12 bits per heavy atom. The second-order valence-corrected chi connectivity index (χ2v) is 5.99. The highest BCUT2D eigenvalue weighted by Gasteiger charge is 2.29. The van der Waals surface area contributed by atoms with E-state index in [-0.39, 0.29) is 11.7 Å². The van der Waals surface area contributed by atoms with E-state index in [2.05, 4.69) is 5.32 Å². The second-order valence-electron chi connectivity index (χ2n) is 5.99. The first-order chi connectivity index (χ1) is 12.6. The molecule has 4 N–H and O–H groups in total. The number of benzene rings is 2. The maximum Gasteiger partial charge on any atom is 0.257 e. The van der Waals surface area contributed by atoms with E-state index in [0.29, 0.717) is 22.7 Å². The zero-order chi connectivity index (χ0) is 18.3. The molecule has 26 heavy (non-hydrogen) atoms. The Balaban J connectivity index is 1.91. The highest BCUT2D eigenvalue weighted by Crippen LogP contribution is 2.43. The first-order valence-electron chi connectivity index (χ1n) is 8.03. The van der Waals surface area contributed by atoms with Crippen molar-refractivity contribution in [2.75, 3.05) is 18.2 Å². The maximum atomic E-state index is 12.6. The number of amides is 1. The fraction of sp³-hybridized carbons (Fsp3) is 0.0500. The molecule has 1 amide bonds. The molecule has 4 rings (SSSR count). The molecule has 130 valence electrons. The average Bonchev–Trinajstić information content (AvgIpc) is 3.21. The predicted molar refractivity (Wildman–Crippen MR) is 102 cm³/mol. The van der Waals surface area contributed by atoms with E-state index >= 15 is 0 Å². The van der Waals surface area contributed by atoms with Gasteiger partial charge in [-0.1, -0.05) is 12.1 Å². The third kappa shape index (κ3) is 2.57. The van der Waals surface area contributed by atoms with Gasteiger partial charge in [0.1, 0.15) is 11.5 Å². The van der Waals surface area contributed by atoms with Gasteiger partial charge in [0.25, 0.3) is 5.91 Å². The minimum absolute atomic E-state index is 0.171. The number of nitrogens with two attached hydrogens (primary N) is 1. The van der Waals surface area contributed by atoms with Gasteiger partial charge in [0.15, 0.2) is 0 Å². The fourth-order valence-corrected chi connectivity index (χ4v) is 3.11. The van der Waals surface area contributed by atoms with Gasteiger partial charge in [-0.25, -0.2) is 0 Å². The van der Waals surface area contributed by atoms with Gasteiger partial charge in [-0.3, -0.25) is 4.79 Å². The monoisotopic (exact) mass is 347 g/mol. The van der Waals surface area contributed by atoms with Gasteiger partial charge in [-0.2, -0.15) is 0 Å². The van der Waals surface area contributed by atoms with Crippen LogP contribution in [-0.4, -0.2) is 22.7 Å². The van der Waals surface area contributed by atoms with Crippen LogP contribution in [0.1, 0.15) is 5.56 Å². The van der Waals surface area contributed by atoms with E-state index in [1.165, 1.54) is 0 Å². The van der Waals surface area contributed by atoms with Crippen LogP contribution >= 0.6 is 0 Å². The Kier molecular flexibility index (Phi) is 3.65. The number of anilines is 2. The molecular weight excluding hydrogens is 330 g/mol. The van der Waals surface area contributed by atoms with Crippen LogP contribution in [0.3, 0.4) is 0 Å². The highest BCUT2D eigenvalue weighted by atomic mass is 16.5. The predicted octanol–water partition coefficient (Wildman–Crippen LogP) is 3.40. The van der Waals surface area contributed by atoms with E-state index in [9.17, 15) is 9.90 Å². The van der Waals surface area contributed by atoms with Crippen LogP contribution in [0.2, 0.25) is 0 Å². The number of rotatable bonds is 3. The summed E-state index contributed by atoms with van der Waals surface area (Å²) in [6, 6.07) is 12.1. The number of nitrogens with zero attached hydrogens (tertiary/aromatic N) is 1. The average molecular weight is 347 g/mol. The smallest absolute Gasteiger partial charge is 0.257 e. The zero-order valence-corrected chi connectivity index (χ0v) is 14.1. The van der Waals surface area contributed by atoms with Crippen LogP contribution in [0.4, 0.5) is 11.4 Å². The quantitative estimate of drug-likeness (QED) is 0.500. The molecule has 0 bridgehead atoms. The van der Waals surface area contributed by atoms with Crippen molar-refractivity contribution in [3.05, 3.63) is 60.4 Å². The number of hydrogen-bond donors (Lipinski definition) is 3. The lowest BCUT2D eigenvalue weighted by Gasteiger charge is -2.12. The molecule has 6 nitrogen and oxygen atoms in total. The number of fused-ring (bicyclic) bond motifs is 1. The Hall–Kier alpha value is -3.67. The van der Waals surface area contributed by atoms with Crippen molar-refractivity contribution < 1.29 is 14.6 Å². The molecule has 2 heterocycles. The molecular formula is C20H17N3O3. The molecule has 0 saturated carbocycles. The molecule has 6 heteroatoms. The normalized spacial score (nSPS) is 14.3. The van der Waals surface area contributed by atoms with Crippen molar-refractivity contribution in [2.24, 2.45) is 0 Å². The molecule has 1 aromatic heterocycles. The van der Waals surface area contributed by atoms with Crippen molar-refractivity contribution in [1.82, 2.24) is 4.57 Å². The Labute approximate surface area is 150 Å². The van der Waals surface area contributed by atoms with Gasteiger partial charge in [0.05, 0.1) is 18.9 Å². The van der Waals surface area contributed by atoms with Crippen molar-refractivity contribution in [3.8, 4) is 22.6 Å². The molecule has 0 aliphatic carbocycles. The minimum Gasteiger partial charge on any atom is -0.508 e. The SMILES string of the molecule is COc1ccn(C=C2C(=O)Nc3ccc(N)c(-c4ccc(O)cc4)c32)c1. The fourth-order valence-electron chi connectivity index (χ4n) is 3.11. The number of carbonyl (C=O) groups is 1. The number of hydrogen-bond acceptors (Lipinski definition) is 4. The third-order valence-electron chi connectivity index (χ3n) is 4.36. The van der Waals surface area contributed by atoms with Crippen LogP contribution in [0.25, 0.3) is 22.9 Å². The number of carbonyl (C=O) groups excluding carboxylic acids is 1. The van der Waals surface area contributed by atoms with Crippen LogP contribution in [0.5, 0.6) is 11.5 Å². The van der Waals surface area contributed by atoms with Crippen molar-refractivity contribution in [2.45, 2.75) is 0 Å². The summed E-state index contributed by atoms with van der Waals surface area (Å²) in [5.41, 5.74) is 10.3. The van der Waals surface area contributed by atoms with Gasteiger partial charge in [-0.05, 0) is 35.9 Å². The number of nitrogen functional groups attached to an aromatic ring is 1. The van der Waals surface area contributed by atoms with Crippen LogP contribution in [0, 0.1) is 0 Å². The van der Waals surface area contributed by atoms with Crippen molar-refractivity contribution >= 4 is 29.1 Å². The topological polar surface area (TPSA) is 89.5 Å². The maximum absolute atomic E-state index is 12.6. The molecule has 1 aliphatic heterocycles. The number of ether oxygens (including phenoxy) is 1. The van der Waals surface area contributed by atoms with Crippen molar-refractivity contribution in [3.63, 3.8) is 0 Å². The lowest BCUT2D eigenvalue weighted by Crippen LogP contribution is -2.04. The van der Waals surface area contributed by atoms with Gasteiger partial charge in [-0.15, -0.1) is 0 Å². The summed E-state index contributed by atoms with van der Waals surface area (Å²) in [5, 5.41) is 12.4. The molecule has 0 unspecified atom stereocenters. The molecule has 0 atom stereocenters. The first kappa shape index (κ1) is 15.8. The molecule has 0 saturated heterocycles. The lowest BCUT2D eigenvalue weighted by atomic mass is 9.93. The minimum atomic E-state index is -0.196. The summed E-state index contributed by atoms with van der Waals surface area (Å²) < 4.78 is 6.96. The Morgan fingerprint density at radius 3 is 2.58 bits per heavy atom. The van der Waals surface area contributed by atoms with Crippen molar-refractivity contribution in [1.29, 1.82) is 0 Å². The number of nitrogens with one attached hydrogen (secondary N) is 1. The van der Waals surface area contributed by atoms with E-state index < -0.39 is 0 Å². The van der Waals surface area contributed by atoms with E-state index in [1.807, 2.05) is 12.3 Å². The molecule has 0 spiro atoms. The number of phenolic OH excluding ortho intramolecular Hbond substituents is 1. The number of aromatic nitrogens is 1. The first-order valence-corrected chi connectivity index (χ1v) is 8.03. The molecule has 2 aromatic carbocycles. The highest BCUT2D eigenvalue weighted by molar-refractivity contribution is 6.36. The zero-order valence-electron chi connectivity index (χ0n) is 14.1. The van der Waals surface area contributed by atoms with Gasteiger partial charge < -0.3 is 25.5 Å². The number of aromatic hydroxyl groups is 1. The summed E-state index contributed by atoms with van der Waals surface area (Å²) >= 11 is 0. The Morgan fingerprint density at radius 2 is 1.88 bits per heavy atom. The standard InChI is InChI=1S/C20H17N3O3/c1-26-14-8-9-23(10-14)11-15-19-17(22-20(15)25)7-6-16(21)18(19)12-2-4-13(24)5-3-12/h2-11,24H,21H2,1H3,(H,22,25). The largest absolute Gasteiger partial charge is 0.508 e. The lowest BCUT2D eigenvalue weighted by molar-refractivity contribution is -0.110. The number of phenols is 1. The molecule has 0 radical (unpaired) electrons. The van der Waals surface area contributed by atoms with Crippen LogP contribution in [-0.2, 0) is 4.79 Å².